The van der Waals surface area contributed by atoms with E-state index in [1.165, 1.54) is 6.08 Å². The van der Waals surface area contributed by atoms with Gasteiger partial charge in [0, 0.05) is 5.92 Å². The first kappa shape index (κ1) is 21.3. The van der Waals surface area contributed by atoms with Gasteiger partial charge in [0.15, 0.2) is 0 Å². The Morgan fingerprint density at radius 3 is 2.10 bits per heavy atom. The fraction of sp³-hybridized carbons (Fsp3) is 0.348. The third-order valence-corrected chi connectivity index (χ3v) is 5.16. The second kappa shape index (κ2) is 9.37. The zero-order valence-electron chi connectivity index (χ0n) is 17.2. The summed E-state index contributed by atoms with van der Waals surface area (Å²) in [6.07, 6.45) is 0.00691. The minimum Gasteiger partial charge on any atom is -0.449 e. The SMILES string of the molecule is CC(C)[C@H](NC(=O)OCC1c2ccccc2-c2ccccc21)C(=O)N[C@@H](C)N=C=O. The van der Waals surface area contributed by atoms with Crippen molar-refractivity contribution in [3.8, 4) is 11.1 Å². The molecule has 7 nitrogen and oxygen atoms in total. The number of fused-ring (bicyclic) bond motifs is 3. The Morgan fingerprint density at radius 2 is 1.57 bits per heavy atom. The van der Waals surface area contributed by atoms with Crippen LogP contribution in [0.25, 0.3) is 11.1 Å². The molecule has 0 heterocycles. The standard InChI is InChI=1S/C23H25N3O4/c1-14(2)21(22(28)25-15(3)24-13-27)26-23(29)30-12-20-18-10-6-4-8-16(18)17-9-5-7-11-19(17)20/h4-11,14-15,20-21H,12H2,1-3H3,(H,25,28)(H,26,29)/t15-,21-/m0/s1. The van der Waals surface area contributed by atoms with E-state index in [2.05, 4.69) is 27.8 Å². The summed E-state index contributed by atoms with van der Waals surface area (Å²) in [5, 5.41) is 5.17. The van der Waals surface area contributed by atoms with Crippen LogP contribution in [0.15, 0.2) is 53.5 Å². The highest BCUT2D eigenvalue weighted by Crippen LogP contribution is 2.44. The third kappa shape index (κ3) is 4.58. The second-order valence-electron chi connectivity index (χ2n) is 7.60. The zero-order valence-corrected chi connectivity index (χ0v) is 17.2. The number of isocyanates is 1. The summed E-state index contributed by atoms with van der Waals surface area (Å²) in [5.41, 5.74) is 4.52. The average molecular weight is 407 g/mol. The molecule has 0 saturated carbocycles. The monoisotopic (exact) mass is 407 g/mol. The lowest BCUT2D eigenvalue weighted by atomic mass is 9.98. The third-order valence-electron chi connectivity index (χ3n) is 5.16. The van der Waals surface area contributed by atoms with Crippen molar-refractivity contribution >= 4 is 18.1 Å². The van der Waals surface area contributed by atoms with Crippen molar-refractivity contribution in [3.63, 3.8) is 0 Å². The molecule has 7 heteroatoms. The van der Waals surface area contributed by atoms with Gasteiger partial charge in [0.25, 0.3) is 0 Å². The smallest absolute Gasteiger partial charge is 0.407 e. The Morgan fingerprint density at radius 1 is 1.00 bits per heavy atom. The number of nitrogens with one attached hydrogen (secondary N) is 2. The van der Waals surface area contributed by atoms with Gasteiger partial charge in [-0.3, -0.25) is 4.79 Å². The highest BCUT2D eigenvalue weighted by molar-refractivity contribution is 5.86. The number of carbonyl (C=O) groups excluding carboxylic acids is 3. The molecule has 30 heavy (non-hydrogen) atoms. The number of nitrogens with zero attached hydrogens (tertiary/aromatic N) is 1. The van der Waals surface area contributed by atoms with Crippen molar-refractivity contribution in [1.82, 2.24) is 10.6 Å². The maximum absolute atomic E-state index is 12.5. The topological polar surface area (TPSA) is 96.9 Å². The number of aliphatic imine (C=N–C) groups is 1. The van der Waals surface area contributed by atoms with Gasteiger partial charge in [-0.1, -0.05) is 62.4 Å². The highest BCUT2D eigenvalue weighted by atomic mass is 16.5. The van der Waals surface area contributed by atoms with Gasteiger partial charge in [-0.05, 0) is 35.1 Å². The van der Waals surface area contributed by atoms with E-state index in [1.54, 1.807) is 6.92 Å². The summed E-state index contributed by atoms with van der Waals surface area (Å²) in [6, 6.07) is 15.3. The van der Waals surface area contributed by atoms with E-state index in [1.807, 2.05) is 50.2 Å². The van der Waals surface area contributed by atoms with Crippen molar-refractivity contribution in [3.05, 3.63) is 59.7 Å². The first-order chi connectivity index (χ1) is 14.4. The van der Waals surface area contributed by atoms with Crippen LogP contribution in [0.1, 0.15) is 37.8 Å². The molecule has 2 aromatic rings. The van der Waals surface area contributed by atoms with E-state index in [-0.39, 0.29) is 18.4 Å². The number of ether oxygens (including phenoxy) is 1. The molecule has 0 bridgehead atoms. The molecule has 3 rings (SSSR count). The molecule has 0 aliphatic heterocycles. The molecule has 0 unspecified atom stereocenters. The quantitative estimate of drug-likeness (QED) is 0.543. The molecule has 2 N–H and O–H groups in total. The zero-order chi connectivity index (χ0) is 21.7. The first-order valence-corrected chi connectivity index (χ1v) is 9.91. The summed E-state index contributed by atoms with van der Waals surface area (Å²) in [5.74, 6) is -0.681. The largest absolute Gasteiger partial charge is 0.449 e. The molecule has 2 aromatic carbocycles. The van der Waals surface area contributed by atoms with E-state index < -0.39 is 24.2 Å². The second-order valence-corrected chi connectivity index (χ2v) is 7.60. The molecule has 2 amide bonds. The molecule has 0 fully saturated rings. The number of benzene rings is 2. The Hall–Kier alpha value is -3.44. The van der Waals surface area contributed by atoms with Gasteiger partial charge in [0.1, 0.15) is 18.8 Å². The van der Waals surface area contributed by atoms with Crippen LogP contribution >= 0.6 is 0 Å². The fourth-order valence-electron chi connectivity index (χ4n) is 3.71. The van der Waals surface area contributed by atoms with Crippen molar-refractivity contribution in [2.24, 2.45) is 10.9 Å². The molecule has 0 radical (unpaired) electrons. The maximum atomic E-state index is 12.5. The van der Waals surface area contributed by atoms with Crippen molar-refractivity contribution in [2.45, 2.75) is 38.9 Å². The van der Waals surface area contributed by atoms with E-state index in [4.69, 9.17) is 4.74 Å². The van der Waals surface area contributed by atoms with Crippen LogP contribution in [-0.4, -0.2) is 36.9 Å². The highest BCUT2D eigenvalue weighted by Gasteiger charge is 2.30. The van der Waals surface area contributed by atoms with Gasteiger partial charge in [0.05, 0.1) is 0 Å². The van der Waals surface area contributed by atoms with Crippen molar-refractivity contribution < 1.29 is 19.1 Å². The molecule has 156 valence electrons. The van der Waals surface area contributed by atoms with Crippen LogP contribution in [0, 0.1) is 5.92 Å². The Bertz CT molecular complexity index is 936. The van der Waals surface area contributed by atoms with Crippen LogP contribution in [0.2, 0.25) is 0 Å². The molecular formula is C23H25N3O4. The Kier molecular flexibility index (Phi) is 6.65. The lowest BCUT2D eigenvalue weighted by molar-refractivity contribution is -0.124. The lowest BCUT2D eigenvalue weighted by Gasteiger charge is -2.23. The summed E-state index contributed by atoms with van der Waals surface area (Å²) in [7, 11) is 0. The van der Waals surface area contributed by atoms with E-state index in [9.17, 15) is 14.4 Å². The van der Waals surface area contributed by atoms with Crippen LogP contribution in [0.4, 0.5) is 4.79 Å². The predicted molar refractivity (Wildman–Crippen MR) is 113 cm³/mol. The number of rotatable bonds is 7. The summed E-state index contributed by atoms with van der Waals surface area (Å²) >= 11 is 0. The van der Waals surface area contributed by atoms with Crippen LogP contribution in [0.5, 0.6) is 0 Å². The predicted octanol–water partition coefficient (Wildman–Crippen LogP) is 3.35. The van der Waals surface area contributed by atoms with Crippen LogP contribution in [0.3, 0.4) is 0 Å². The van der Waals surface area contributed by atoms with Crippen LogP contribution < -0.4 is 10.6 Å². The number of amides is 2. The molecule has 0 spiro atoms. The molecule has 1 aliphatic carbocycles. The number of hydrogen-bond donors (Lipinski definition) is 2. The number of carbonyl (C=O) groups is 2. The summed E-state index contributed by atoms with van der Waals surface area (Å²) in [4.78, 5) is 38.6. The van der Waals surface area contributed by atoms with Gasteiger partial charge in [-0.25, -0.2) is 9.59 Å². The fourth-order valence-corrected chi connectivity index (χ4v) is 3.71. The van der Waals surface area contributed by atoms with E-state index in [0.29, 0.717) is 0 Å². The Labute approximate surface area is 175 Å². The van der Waals surface area contributed by atoms with Gasteiger partial charge in [0.2, 0.25) is 12.0 Å². The van der Waals surface area contributed by atoms with E-state index in [0.717, 1.165) is 22.3 Å². The molecular weight excluding hydrogens is 382 g/mol. The number of alkyl carbamates (subject to hydrolysis) is 1. The molecule has 0 aromatic heterocycles. The Balaban J connectivity index is 1.66. The van der Waals surface area contributed by atoms with Gasteiger partial charge < -0.3 is 15.4 Å². The maximum Gasteiger partial charge on any atom is 0.407 e. The lowest BCUT2D eigenvalue weighted by Crippen LogP contribution is -2.51. The summed E-state index contributed by atoms with van der Waals surface area (Å²) < 4.78 is 5.51. The van der Waals surface area contributed by atoms with Crippen molar-refractivity contribution in [1.29, 1.82) is 0 Å². The number of hydrogen-bond acceptors (Lipinski definition) is 5. The molecule has 2 atom stereocenters. The normalized spacial score (nSPS) is 14.1. The minimum absolute atomic E-state index is 0.0589. The minimum atomic E-state index is -0.815. The average Bonchev–Trinajstić information content (AvgIpc) is 3.04. The van der Waals surface area contributed by atoms with Crippen molar-refractivity contribution in [2.75, 3.05) is 6.61 Å². The van der Waals surface area contributed by atoms with E-state index >= 15 is 0 Å². The van der Waals surface area contributed by atoms with Gasteiger partial charge in [-0.15, -0.1) is 0 Å². The van der Waals surface area contributed by atoms with Crippen LogP contribution in [-0.2, 0) is 14.3 Å². The van der Waals surface area contributed by atoms with Gasteiger partial charge >= 0.3 is 6.09 Å². The molecule has 0 saturated heterocycles. The molecule has 1 aliphatic rings. The first-order valence-electron chi connectivity index (χ1n) is 9.91. The summed E-state index contributed by atoms with van der Waals surface area (Å²) in [6.45, 7) is 5.33. The van der Waals surface area contributed by atoms with Gasteiger partial charge in [-0.2, -0.15) is 4.99 Å².